The number of aromatic amines is 1. The fourth-order valence-corrected chi connectivity index (χ4v) is 4.22. The normalized spacial score (nSPS) is 10.7. The van der Waals surface area contributed by atoms with E-state index in [-0.39, 0.29) is 11.7 Å². The number of carbonyl (C=O) groups excluding carboxylic acids is 3. The fraction of sp³-hybridized carbons (Fsp3) is 0.130. The van der Waals surface area contributed by atoms with Crippen molar-refractivity contribution in [1.82, 2.24) is 9.97 Å². The molecule has 2 aromatic heterocycles. The number of fused-ring (bicyclic) bond motifs is 1. The number of thiazole rings is 1. The molecule has 0 bridgehead atoms. The number of amides is 2. The maximum absolute atomic E-state index is 13.0. The number of aryl methyl sites for hydroxylation is 1. The number of hydrogen-bond acceptors (Lipinski definition) is 6. The number of hydrogen-bond donors (Lipinski definition) is 3. The number of benzene rings is 2. The molecule has 0 atom stereocenters. The first-order chi connectivity index (χ1) is 15.5. The Labute approximate surface area is 187 Å². The Kier molecular flexibility index (Phi) is 6.00. The van der Waals surface area contributed by atoms with Gasteiger partial charge in [0, 0.05) is 22.2 Å². The van der Waals surface area contributed by atoms with Gasteiger partial charge in [-0.15, -0.1) is 0 Å². The van der Waals surface area contributed by atoms with Crippen molar-refractivity contribution in [3.63, 3.8) is 0 Å². The lowest BCUT2D eigenvalue weighted by atomic mass is 10.1. The summed E-state index contributed by atoms with van der Waals surface area (Å²) in [4.78, 5) is 45.3. The molecule has 9 heteroatoms. The van der Waals surface area contributed by atoms with Crippen LogP contribution >= 0.6 is 11.3 Å². The average molecular weight is 449 g/mol. The molecule has 8 nitrogen and oxygen atoms in total. The zero-order chi connectivity index (χ0) is 22.7. The molecule has 4 aromatic rings. The average Bonchev–Trinajstić information content (AvgIpc) is 3.33. The van der Waals surface area contributed by atoms with Gasteiger partial charge in [-0.05, 0) is 19.9 Å². The van der Waals surface area contributed by atoms with E-state index in [1.165, 1.54) is 0 Å². The predicted octanol–water partition coefficient (Wildman–Crippen LogP) is 4.99. The summed E-state index contributed by atoms with van der Waals surface area (Å²) in [7, 11) is 0. The second-order valence-electron chi connectivity index (χ2n) is 6.86. The lowest BCUT2D eigenvalue weighted by Crippen LogP contribution is -2.23. The van der Waals surface area contributed by atoms with Crippen LogP contribution in [-0.4, -0.2) is 34.4 Å². The van der Waals surface area contributed by atoms with Gasteiger partial charge in [-0.25, -0.2) is 9.78 Å². The fourth-order valence-electron chi connectivity index (χ4n) is 3.35. The van der Waals surface area contributed by atoms with Crippen LogP contribution < -0.4 is 10.6 Å². The maximum Gasteiger partial charge on any atom is 0.413 e. The monoisotopic (exact) mass is 448 g/mol. The number of nitrogens with one attached hydrogen (secondary N) is 3. The van der Waals surface area contributed by atoms with E-state index >= 15 is 0 Å². The number of nitrogens with zero attached hydrogens (tertiary/aromatic N) is 1. The van der Waals surface area contributed by atoms with Crippen molar-refractivity contribution in [2.24, 2.45) is 0 Å². The highest BCUT2D eigenvalue weighted by Gasteiger charge is 2.25. The molecule has 3 N–H and O–H groups in total. The summed E-state index contributed by atoms with van der Waals surface area (Å²) in [6, 6.07) is 16.5. The van der Waals surface area contributed by atoms with Gasteiger partial charge in [0.25, 0.3) is 11.7 Å². The molecule has 0 spiro atoms. The molecular weight excluding hydrogens is 428 g/mol. The largest absolute Gasteiger partial charge is 0.450 e. The van der Waals surface area contributed by atoms with Crippen LogP contribution in [0.4, 0.5) is 14.9 Å². The van der Waals surface area contributed by atoms with Crippen LogP contribution in [0.1, 0.15) is 23.0 Å². The van der Waals surface area contributed by atoms with Crippen molar-refractivity contribution >= 4 is 50.2 Å². The number of carbonyl (C=O) groups is 3. The van der Waals surface area contributed by atoms with Crippen LogP contribution in [0.5, 0.6) is 0 Å². The van der Waals surface area contributed by atoms with Gasteiger partial charge in [0.15, 0.2) is 5.13 Å². The van der Waals surface area contributed by atoms with Gasteiger partial charge in [0.05, 0.1) is 12.2 Å². The van der Waals surface area contributed by atoms with Gasteiger partial charge in [-0.1, -0.05) is 59.9 Å². The van der Waals surface area contributed by atoms with E-state index in [0.29, 0.717) is 27.3 Å². The lowest BCUT2D eigenvalue weighted by Gasteiger charge is -2.05. The highest BCUT2D eigenvalue weighted by molar-refractivity contribution is 7.20. The molecule has 0 saturated heterocycles. The molecule has 2 amide bonds. The van der Waals surface area contributed by atoms with Crippen LogP contribution in [0, 0.1) is 6.92 Å². The van der Waals surface area contributed by atoms with Crippen LogP contribution in [0.2, 0.25) is 0 Å². The van der Waals surface area contributed by atoms with Crippen molar-refractivity contribution in [1.29, 1.82) is 0 Å². The molecule has 4 rings (SSSR count). The Morgan fingerprint density at radius 3 is 2.50 bits per heavy atom. The smallest absolute Gasteiger partial charge is 0.413 e. The molecule has 0 aliphatic heterocycles. The molecular formula is C23H20N4O4S. The van der Waals surface area contributed by atoms with E-state index in [0.717, 1.165) is 22.4 Å². The van der Waals surface area contributed by atoms with Gasteiger partial charge >= 0.3 is 6.09 Å². The van der Waals surface area contributed by atoms with Crippen LogP contribution in [-0.2, 0) is 9.53 Å². The Morgan fingerprint density at radius 1 is 1.03 bits per heavy atom. The van der Waals surface area contributed by atoms with Crippen molar-refractivity contribution in [2.45, 2.75) is 13.8 Å². The Balaban J connectivity index is 1.65. The third kappa shape index (κ3) is 4.23. The summed E-state index contributed by atoms with van der Waals surface area (Å²) in [5.74, 6) is -1.45. The first-order valence-electron chi connectivity index (χ1n) is 9.91. The minimum absolute atomic E-state index is 0.213. The SMILES string of the molecule is CCOC(=O)Nc1nc(-c2ccccc2)c(NC(=O)C(=O)c2c(C)[nH]c3ccccc23)s1. The molecule has 2 aromatic carbocycles. The second kappa shape index (κ2) is 9.03. The van der Waals surface area contributed by atoms with Gasteiger partial charge in [0.2, 0.25) is 0 Å². The van der Waals surface area contributed by atoms with Crippen molar-refractivity contribution in [3.05, 3.63) is 65.9 Å². The van der Waals surface area contributed by atoms with E-state index in [4.69, 9.17) is 4.74 Å². The van der Waals surface area contributed by atoms with Crippen LogP contribution in [0.3, 0.4) is 0 Å². The summed E-state index contributed by atoms with van der Waals surface area (Å²) in [5, 5.41) is 6.49. The Morgan fingerprint density at radius 2 is 1.75 bits per heavy atom. The number of rotatable bonds is 6. The quantitative estimate of drug-likeness (QED) is 0.284. The number of aromatic nitrogens is 2. The summed E-state index contributed by atoms with van der Waals surface area (Å²) in [6.45, 7) is 3.66. The number of anilines is 2. The number of H-pyrrole nitrogens is 1. The molecule has 0 aliphatic carbocycles. The number of ether oxygens (including phenoxy) is 1. The zero-order valence-corrected chi connectivity index (χ0v) is 18.2. The van der Waals surface area contributed by atoms with E-state index in [1.54, 1.807) is 19.9 Å². The maximum atomic E-state index is 13.0. The van der Waals surface area contributed by atoms with Gasteiger partial charge < -0.3 is 15.0 Å². The molecule has 0 fully saturated rings. The molecule has 2 heterocycles. The topological polar surface area (TPSA) is 113 Å². The number of para-hydroxylation sites is 1. The lowest BCUT2D eigenvalue weighted by molar-refractivity contribution is -0.112. The predicted molar refractivity (Wildman–Crippen MR) is 124 cm³/mol. The van der Waals surface area contributed by atoms with E-state index in [9.17, 15) is 14.4 Å². The van der Waals surface area contributed by atoms with Crippen LogP contribution in [0.15, 0.2) is 54.6 Å². The molecule has 0 radical (unpaired) electrons. The van der Waals surface area contributed by atoms with Crippen molar-refractivity contribution < 1.29 is 19.1 Å². The number of ketones is 1. The second-order valence-corrected chi connectivity index (χ2v) is 7.86. The first-order valence-corrected chi connectivity index (χ1v) is 10.7. The standard InChI is InChI=1S/C23H20N4O4S/c1-3-31-23(30)27-22-25-18(14-9-5-4-6-10-14)21(32-22)26-20(29)19(28)17-13(2)24-16-12-8-7-11-15(16)17/h4-12,24H,3H2,1-2H3,(H,26,29)(H,25,27,30). The van der Waals surface area contributed by atoms with Gasteiger partial charge in [-0.2, -0.15) is 0 Å². The molecule has 0 unspecified atom stereocenters. The third-order valence-corrected chi connectivity index (χ3v) is 5.60. The number of Topliss-reactive ketones (excluding diaryl/α,β-unsaturated/α-hetero) is 1. The molecule has 0 aliphatic rings. The van der Waals surface area contributed by atoms with Gasteiger partial charge in [0.1, 0.15) is 10.7 Å². The molecule has 162 valence electrons. The summed E-state index contributed by atoms with van der Waals surface area (Å²) in [5.41, 5.74) is 2.90. The highest BCUT2D eigenvalue weighted by atomic mass is 32.1. The van der Waals surface area contributed by atoms with Crippen molar-refractivity contribution in [2.75, 3.05) is 17.2 Å². The Bertz CT molecular complexity index is 1310. The molecule has 0 saturated carbocycles. The minimum atomic E-state index is -0.790. The Hall–Kier alpha value is -3.98. The highest BCUT2D eigenvalue weighted by Crippen LogP contribution is 2.36. The van der Waals surface area contributed by atoms with E-state index in [1.807, 2.05) is 48.5 Å². The van der Waals surface area contributed by atoms with E-state index in [2.05, 4.69) is 20.6 Å². The summed E-state index contributed by atoms with van der Waals surface area (Å²) < 4.78 is 4.89. The summed E-state index contributed by atoms with van der Waals surface area (Å²) >= 11 is 1.04. The van der Waals surface area contributed by atoms with E-state index < -0.39 is 17.8 Å². The third-order valence-electron chi connectivity index (χ3n) is 4.71. The van der Waals surface area contributed by atoms with Gasteiger partial charge in [-0.3, -0.25) is 14.9 Å². The first kappa shape index (κ1) is 21.3. The van der Waals surface area contributed by atoms with Crippen LogP contribution in [0.25, 0.3) is 22.2 Å². The van der Waals surface area contributed by atoms with Crippen molar-refractivity contribution in [3.8, 4) is 11.3 Å². The minimum Gasteiger partial charge on any atom is -0.450 e. The zero-order valence-electron chi connectivity index (χ0n) is 17.4. The summed E-state index contributed by atoms with van der Waals surface area (Å²) in [6.07, 6.45) is -0.649. The molecule has 32 heavy (non-hydrogen) atoms.